The summed E-state index contributed by atoms with van der Waals surface area (Å²) < 4.78 is 1.94. The van der Waals surface area contributed by atoms with Gasteiger partial charge in [0.15, 0.2) is 5.82 Å². The number of aryl methyl sites for hydroxylation is 3. The van der Waals surface area contributed by atoms with E-state index in [2.05, 4.69) is 25.6 Å². The summed E-state index contributed by atoms with van der Waals surface area (Å²) in [5, 5.41) is 14.4. The van der Waals surface area contributed by atoms with Crippen molar-refractivity contribution < 1.29 is 4.79 Å². The molecule has 7 nitrogen and oxygen atoms in total. The van der Waals surface area contributed by atoms with Crippen molar-refractivity contribution in [1.29, 1.82) is 0 Å². The number of aromatic amines is 1. The lowest BCUT2D eigenvalue weighted by Gasteiger charge is -2.09. The zero-order chi connectivity index (χ0) is 20.4. The van der Waals surface area contributed by atoms with Gasteiger partial charge in [0.25, 0.3) is 5.91 Å². The van der Waals surface area contributed by atoms with Crippen LogP contribution in [-0.4, -0.2) is 30.9 Å². The molecule has 2 aromatic heterocycles. The van der Waals surface area contributed by atoms with E-state index >= 15 is 0 Å². The molecule has 0 aliphatic heterocycles. The van der Waals surface area contributed by atoms with Gasteiger partial charge in [-0.15, -0.1) is 0 Å². The second-order valence-corrected chi connectivity index (χ2v) is 7.06. The summed E-state index contributed by atoms with van der Waals surface area (Å²) in [5.74, 6) is 1.25. The van der Waals surface area contributed by atoms with Gasteiger partial charge in [-0.2, -0.15) is 10.2 Å². The first-order chi connectivity index (χ1) is 14.0. The van der Waals surface area contributed by atoms with Gasteiger partial charge in [0.05, 0.1) is 12.2 Å². The Hall–Kier alpha value is -3.74. The van der Waals surface area contributed by atoms with Crippen molar-refractivity contribution in [3.8, 4) is 11.4 Å². The smallest absolute Gasteiger partial charge is 0.255 e. The molecule has 0 bridgehead atoms. The molecule has 0 atom stereocenters. The number of nitrogens with zero attached hydrogens (tertiary/aromatic N) is 4. The molecule has 1 amide bonds. The fourth-order valence-corrected chi connectivity index (χ4v) is 3.20. The second kappa shape index (κ2) is 7.71. The van der Waals surface area contributed by atoms with Gasteiger partial charge in [0.2, 0.25) is 0 Å². The van der Waals surface area contributed by atoms with Crippen molar-refractivity contribution in [3.63, 3.8) is 0 Å². The monoisotopic (exact) mass is 386 g/mol. The molecular formula is C22H22N6O. The second-order valence-electron chi connectivity index (χ2n) is 7.06. The third-order valence-electron chi connectivity index (χ3n) is 4.62. The van der Waals surface area contributed by atoms with Gasteiger partial charge >= 0.3 is 0 Å². The predicted molar refractivity (Wildman–Crippen MR) is 112 cm³/mol. The summed E-state index contributed by atoms with van der Waals surface area (Å²) in [6, 6.07) is 17.1. The molecule has 7 heteroatoms. The summed E-state index contributed by atoms with van der Waals surface area (Å²) in [5.41, 5.74) is 5.32. The third kappa shape index (κ3) is 4.24. The number of aromatic nitrogens is 5. The molecule has 0 fully saturated rings. The first kappa shape index (κ1) is 18.6. The van der Waals surface area contributed by atoms with Crippen molar-refractivity contribution in [2.45, 2.75) is 27.3 Å². The average molecular weight is 386 g/mol. The Kier molecular flexibility index (Phi) is 4.95. The van der Waals surface area contributed by atoms with Crippen molar-refractivity contribution >= 4 is 11.6 Å². The molecule has 0 aliphatic rings. The maximum Gasteiger partial charge on any atom is 0.255 e. The maximum absolute atomic E-state index is 12.7. The van der Waals surface area contributed by atoms with Gasteiger partial charge < -0.3 is 5.32 Å². The SMILES string of the molecule is Cc1cc(C)n(Cc2cccc(C(=O)Nc3ccc(-c4n[nH]c(C)n4)cc3)c2)n1. The average Bonchev–Trinajstić information content (AvgIpc) is 3.27. The number of carbonyl (C=O) groups is 1. The molecule has 2 heterocycles. The number of hydrogen-bond donors (Lipinski definition) is 2. The minimum Gasteiger partial charge on any atom is -0.322 e. The molecule has 0 saturated carbocycles. The number of amides is 1. The van der Waals surface area contributed by atoms with E-state index in [1.807, 2.05) is 80.1 Å². The molecule has 29 heavy (non-hydrogen) atoms. The largest absolute Gasteiger partial charge is 0.322 e. The van der Waals surface area contributed by atoms with Gasteiger partial charge in [-0.3, -0.25) is 14.6 Å². The number of H-pyrrole nitrogens is 1. The fourth-order valence-electron chi connectivity index (χ4n) is 3.20. The van der Waals surface area contributed by atoms with Gasteiger partial charge in [-0.25, -0.2) is 4.98 Å². The Morgan fingerprint density at radius 2 is 1.86 bits per heavy atom. The van der Waals surface area contributed by atoms with Gasteiger partial charge in [0.1, 0.15) is 5.82 Å². The fraction of sp³-hybridized carbons (Fsp3) is 0.182. The lowest BCUT2D eigenvalue weighted by molar-refractivity contribution is 0.102. The van der Waals surface area contributed by atoms with E-state index in [1.165, 1.54) is 0 Å². The molecule has 2 aromatic carbocycles. The van der Waals surface area contributed by atoms with E-state index in [4.69, 9.17) is 0 Å². The number of benzene rings is 2. The quantitative estimate of drug-likeness (QED) is 0.545. The number of hydrogen-bond acceptors (Lipinski definition) is 4. The van der Waals surface area contributed by atoms with Gasteiger partial charge in [0, 0.05) is 22.5 Å². The molecule has 4 aromatic rings. The van der Waals surface area contributed by atoms with Crippen LogP contribution in [0.15, 0.2) is 54.6 Å². The van der Waals surface area contributed by atoms with Crippen LogP contribution in [0.5, 0.6) is 0 Å². The minimum atomic E-state index is -0.151. The highest BCUT2D eigenvalue weighted by molar-refractivity contribution is 6.04. The Labute approximate surface area is 168 Å². The lowest BCUT2D eigenvalue weighted by Crippen LogP contribution is -2.12. The van der Waals surface area contributed by atoms with Crippen molar-refractivity contribution in [1.82, 2.24) is 25.0 Å². The molecule has 0 unspecified atom stereocenters. The number of anilines is 1. The Morgan fingerprint density at radius 1 is 1.07 bits per heavy atom. The summed E-state index contributed by atoms with van der Waals surface area (Å²) in [6.45, 7) is 6.49. The molecule has 0 spiro atoms. The zero-order valence-electron chi connectivity index (χ0n) is 16.6. The van der Waals surface area contributed by atoms with E-state index in [1.54, 1.807) is 0 Å². The Morgan fingerprint density at radius 3 is 2.52 bits per heavy atom. The number of carbonyl (C=O) groups excluding carboxylic acids is 1. The van der Waals surface area contributed by atoms with Gasteiger partial charge in [-0.05, 0) is 68.8 Å². The minimum absolute atomic E-state index is 0.151. The highest BCUT2D eigenvalue weighted by Gasteiger charge is 2.09. The van der Waals surface area contributed by atoms with E-state index < -0.39 is 0 Å². The summed E-state index contributed by atoms with van der Waals surface area (Å²) >= 11 is 0. The van der Waals surface area contributed by atoms with Crippen LogP contribution in [0.1, 0.15) is 33.1 Å². The molecule has 146 valence electrons. The summed E-state index contributed by atoms with van der Waals surface area (Å²) in [6.07, 6.45) is 0. The van der Waals surface area contributed by atoms with Crippen LogP contribution in [0, 0.1) is 20.8 Å². The van der Waals surface area contributed by atoms with E-state index in [9.17, 15) is 4.79 Å². The van der Waals surface area contributed by atoms with Crippen LogP contribution in [0.2, 0.25) is 0 Å². The number of nitrogens with one attached hydrogen (secondary N) is 2. The van der Waals surface area contributed by atoms with Crippen LogP contribution < -0.4 is 5.32 Å². The standard InChI is InChI=1S/C22H22N6O/c1-14-11-15(2)28(27-14)13-17-5-4-6-19(12-17)22(29)24-20-9-7-18(8-10-20)21-23-16(3)25-26-21/h4-12H,13H2,1-3H3,(H,24,29)(H,23,25,26). The third-order valence-corrected chi connectivity index (χ3v) is 4.62. The van der Waals surface area contributed by atoms with Crippen molar-refractivity contribution in [3.05, 3.63) is 82.9 Å². The first-order valence-electron chi connectivity index (χ1n) is 9.39. The zero-order valence-corrected chi connectivity index (χ0v) is 16.6. The van der Waals surface area contributed by atoms with Crippen LogP contribution in [-0.2, 0) is 6.54 Å². The van der Waals surface area contributed by atoms with Crippen LogP contribution >= 0.6 is 0 Å². The molecular weight excluding hydrogens is 364 g/mol. The van der Waals surface area contributed by atoms with Crippen LogP contribution in [0.4, 0.5) is 5.69 Å². The van der Waals surface area contributed by atoms with Crippen molar-refractivity contribution in [2.24, 2.45) is 0 Å². The van der Waals surface area contributed by atoms with Crippen LogP contribution in [0.25, 0.3) is 11.4 Å². The highest BCUT2D eigenvalue weighted by Crippen LogP contribution is 2.19. The summed E-state index contributed by atoms with van der Waals surface area (Å²) in [4.78, 5) is 17.0. The number of rotatable bonds is 5. The maximum atomic E-state index is 12.7. The van der Waals surface area contributed by atoms with Gasteiger partial charge in [-0.1, -0.05) is 12.1 Å². The molecule has 0 aliphatic carbocycles. The Balaban J connectivity index is 1.46. The first-order valence-corrected chi connectivity index (χ1v) is 9.39. The molecule has 0 radical (unpaired) electrons. The van der Waals surface area contributed by atoms with Crippen LogP contribution in [0.3, 0.4) is 0 Å². The van der Waals surface area contributed by atoms with Crippen molar-refractivity contribution in [2.75, 3.05) is 5.32 Å². The van der Waals surface area contributed by atoms with E-state index in [0.29, 0.717) is 17.9 Å². The molecule has 4 rings (SSSR count). The molecule has 0 saturated heterocycles. The lowest BCUT2D eigenvalue weighted by atomic mass is 10.1. The topological polar surface area (TPSA) is 88.5 Å². The highest BCUT2D eigenvalue weighted by atomic mass is 16.1. The summed E-state index contributed by atoms with van der Waals surface area (Å²) in [7, 11) is 0. The van der Waals surface area contributed by atoms with E-state index in [0.717, 1.165) is 34.0 Å². The predicted octanol–water partition coefficient (Wildman–Crippen LogP) is 3.89. The van der Waals surface area contributed by atoms with E-state index in [-0.39, 0.29) is 5.91 Å². The molecule has 2 N–H and O–H groups in total. The normalized spacial score (nSPS) is 10.9. The Bertz CT molecular complexity index is 1160.